The zero-order valence-corrected chi connectivity index (χ0v) is 20.8. The van der Waals surface area contributed by atoms with Crippen molar-refractivity contribution in [2.24, 2.45) is 0 Å². The molecule has 0 aliphatic rings. The highest BCUT2D eigenvalue weighted by molar-refractivity contribution is 6.06. The minimum atomic E-state index is -4.45. The van der Waals surface area contributed by atoms with E-state index in [0.29, 0.717) is 34.9 Å². The molecule has 0 radical (unpaired) electrons. The molecule has 1 amide bonds. The molecule has 0 aliphatic heterocycles. The van der Waals surface area contributed by atoms with Crippen LogP contribution in [0.25, 0.3) is 27.8 Å². The molecule has 5 rings (SSSR count). The summed E-state index contributed by atoms with van der Waals surface area (Å²) in [6.07, 6.45) is -4.45. The highest BCUT2D eigenvalue weighted by atomic mass is 19.4. The molecule has 198 valence electrons. The van der Waals surface area contributed by atoms with E-state index >= 15 is 0 Å². The van der Waals surface area contributed by atoms with E-state index in [1.54, 1.807) is 30.3 Å². The van der Waals surface area contributed by atoms with Crippen LogP contribution in [-0.4, -0.2) is 41.0 Å². The van der Waals surface area contributed by atoms with Crippen LogP contribution in [0.4, 0.5) is 18.9 Å². The predicted molar refractivity (Wildman–Crippen MR) is 141 cm³/mol. The Morgan fingerprint density at radius 2 is 1.62 bits per heavy atom. The maximum absolute atomic E-state index is 13.1. The van der Waals surface area contributed by atoms with Crippen molar-refractivity contribution in [3.63, 3.8) is 0 Å². The number of hydrogen-bond acceptors (Lipinski definition) is 5. The highest BCUT2D eigenvalue weighted by Crippen LogP contribution is 2.31. The number of benzene rings is 4. The smallest absolute Gasteiger partial charge is 0.416 e. The van der Waals surface area contributed by atoms with Crippen LogP contribution in [-0.2, 0) is 10.9 Å². The first-order valence-electron chi connectivity index (χ1n) is 12.0. The predicted octanol–water partition coefficient (Wildman–Crippen LogP) is 6.38. The Morgan fingerprint density at radius 1 is 0.897 bits per heavy atom. The lowest BCUT2D eigenvalue weighted by Gasteiger charge is -2.10. The number of halogens is 3. The van der Waals surface area contributed by atoms with Crippen LogP contribution >= 0.6 is 0 Å². The Hall–Kier alpha value is -4.70. The second-order valence-corrected chi connectivity index (χ2v) is 8.61. The maximum Gasteiger partial charge on any atom is 0.416 e. The van der Waals surface area contributed by atoms with E-state index in [1.165, 1.54) is 23.9 Å². The van der Waals surface area contributed by atoms with Gasteiger partial charge in [0.2, 0.25) is 0 Å². The molecule has 0 aliphatic carbocycles. The van der Waals surface area contributed by atoms with Crippen LogP contribution in [0.2, 0.25) is 0 Å². The number of hydrogen-bond donors (Lipinski definition) is 1. The van der Waals surface area contributed by atoms with Crippen LogP contribution < -0.4 is 10.1 Å². The van der Waals surface area contributed by atoms with Gasteiger partial charge in [-0.1, -0.05) is 42.5 Å². The molecule has 39 heavy (non-hydrogen) atoms. The Morgan fingerprint density at radius 3 is 2.31 bits per heavy atom. The summed E-state index contributed by atoms with van der Waals surface area (Å²) in [5.74, 6) is 0.0395. The third kappa shape index (κ3) is 5.91. The number of carbonyl (C=O) groups excluding carboxylic acids is 1. The molecule has 5 aromatic rings. The minimum absolute atomic E-state index is 0.0515. The first-order valence-corrected chi connectivity index (χ1v) is 12.0. The molecule has 0 saturated carbocycles. The van der Waals surface area contributed by atoms with Crippen molar-refractivity contribution in [1.29, 1.82) is 0 Å². The summed E-state index contributed by atoms with van der Waals surface area (Å²) in [5, 5.41) is 9.27. The molecule has 7 nitrogen and oxygen atoms in total. The zero-order valence-electron chi connectivity index (χ0n) is 20.8. The van der Waals surface area contributed by atoms with Gasteiger partial charge >= 0.3 is 12.2 Å². The number of fused-ring (bicyclic) bond motifs is 1. The first-order chi connectivity index (χ1) is 18.8. The summed E-state index contributed by atoms with van der Waals surface area (Å²) in [4.78, 5) is 17.2. The van der Waals surface area contributed by atoms with Gasteiger partial charge in [0.05, 0.1) is 17.9 Å². The van der Waals surface area contributed by atoms with Gasteiger partial charge in [-0.15, -0.1) is 5.10 Å². The monoisotopic (exact) mass is 532 g/mol. The number of amides is 1. The summed E-state index contributed by atoms with van der Waals surface area (Å²) < 4.78 is 51.2. The number of methoxy groups -OCH3 is 1. The molecular formula is C29H23F3N4O3. The van der Waals surface area contributed by atoms with E-state index in [0.717, 1.165) is 22.9 Å². The van der Waals surface area contributed by atoms with Gasteiger partial charge in [0.15, 0.2) is 5.82 Å². The number of nitrogens with zero attached hydrogens (tertiary/aromatic N) is 3. The van der Waals surface area contributed by atoms with Crippen LogP contribution in [0.1, 0.15) is 15.9 Å². The van der Waals surface area contributed by atoms with Gasteiger partial charge < -0.3 is 14.8 Å². The van der Waals surface area contributed by atoms with Crippen molar-refractivity contribution in [1.82, 2.24) is 14.8 Å². The fourth-order valence-corrected chi connectivity index (χ4v) is 3.97. The largest absolute Gasteiger partial charge is 0.460 e. The molecule has 1 aromatic heterocycles. The van der Waals surface area contributed by atoms with E-state index in [2.05, 4.69) is 15.4 Å². The van der Waals surface area contributed by atoms with Gasteiger partial charge in [0, 0.05) is 23.9 Å². The number of anilines is 1. The molecule has 0 atom stereocenters. The second-order valence-electron chi connectivity index (χ2n) is 8.61. The number of alkyl halides is 3. The molecule has 4 aromatic carbocycles. The zero-order chi connectivity index (χ0) is 27.4. The first kappa shape index (κ1) is 25.9. The standard InChI is InChI=1S/C29H23F3N4O3/c1-38-16-17-39-28-34-26(20-8-10-23(11-9-20)29(30,31)32)36(35-28)25-14-12-24(13-15-25)33-27(37)22-7-6-19-4-2-3-5-21(19)18-22/h2-15,18H,16-17H2,1H3,(H,33,37). The fraction of sp³-hybridized carbons (Fsp3) is 0.138. The summed E-state index contributed by atoms with van der Waals surface area (Å²) in [6.45, 7) is 0.516. The van der Waals surface area contributed by atoms with Crippen molar-refractivity contribution in [2.75, 3.05) is 25.6 Å². The number of ether oxygens (including phenoxy) is 2. The Bertz CT molecular complexity index is 1600. The number of nitrogens with one attached hydrogen (secondary N) is 1. The van der Waals surface area contributed by atoms with Crippen molar-refractivity contribution in [3.8, 4) is 23.1 Å². The fourth-order valence-electron chi connectivity index (χ4n) is 3.97. The number of aromatic nitrogens is 3. The summed E-state index contributed by atoms with van der Waals surface area (Å²) >= 11 is 0. The molecule has 0 bridgehead atoms. The maximum atomic E-state index is 13.1. The van der Waals surface area contributed by atoms with Crippen molar-refractivity contribution >= 4 is 22.4 Å². The minimum Gasteiger partial charge on any atom is -0.460 e. The molecule has 0 unspecified atom stereocenters. The average molecular weight is 533 g/mol. The Balaban J connectivity index is 1.40. The topological polar surface area (TPSA) is 78.3 Å². The molecule has 0 spiro atoms. The molecular weight excluding hydrogens is 509 g/mol. The van der Waals surface area contributed by atoms with Crippen molar-refractivity contribution in [2.45, 2.75) is 6.18 Å². The third-order valence-corrected chi connectivity index (χ3v) is 5.96. The van der Waals surface area contributed by atoms with E-state index < -0.39 is 11.7 Å². The van der Waals surface area contributed by atoms with E-state index in [4.69, 9.17) is 9.47 Å². The van der Waals surface area contributed by atoms with Crippen LogP contribution in [0.3, 0.4) is 0 Å². The molecule has 10 heteroatoms. The Labute approximate surface area is 221 Å². The van der Waals surface area contributed by atoms with E-state index in [-0.39, 0.29) is 18.5 Å². The third-order valence-electron chi connectivity index (χ3n) is 5.96. The highest BCUT2D eigenvalue weighted by Gasteiger charge is 2.30. The molecule has 1 heterocycles. The van der Waals surface area contributed by atoms with Gasteiger partial charge in [0.1, 0.15) is 6.61 Å². The normalized spacial score (nSPS) is 11.5. The molecule has 1 N–H and O–H groups in total. The number of carbonyl (C=O) groups is 1. The Kier molecular flexibility index (Phi) is 7.29. The van der Waals surface area contributed by atoms with Gasteiger partial charge in [-0.25, -0.2) is 4.68 Å². The molecule has 0 fully saturated rings. The summed E-state index contributed by atoms with van der Waals surface area (Å²) in [5.41, 5.74) is 1.31. The lowest BCUT2D eigenvalue weighted by atomic mass is 10.1. The number of rotatable bonds is 8. The van der Waals surface area contributed by atoms with E-state index in [1.807, 2.05) is 36.4 Å². The van der Waals surface area contributed by atoms with Crippen LogP contribution in [0.15, 0.2) is 91.0 Å². The lowest BCUT2D eigenvalue weighted by Crippen LogP contribution is -2.12. The summed E-state index contributed by atoms with van der Waals surface area (Å²) in [7, 11) is 1.53. The van der Waals surface area contributed by atoms with Gasteiger partial charge in [-0.2, -0.15) is 18.2 Å². The van der Waals surface area contributed by atoms with Gasteiger partial charge in [-0.05, 0) is 59.3 Å². The quantitative estimate of drug-likeness (QED) is 0.235. The summed E-state index contributed by atoms with van der Waals surface area (Å²) in [6, 6.07) is 24.8. The SMILES string of the molecule is COCCOc1nc(-c2ccc(C(F)(F)F)cc2)n(-c2ccc(NC(=O)c3ccc4ccccc4c3)cc2)n1. The lowest BCUT2D eigenvalue weighted by molar-refractivity contribution is -0.137. The van der Waals surface area contributed by atoms with Crippen LogP contribution in [0.5, 0.6) is 6.01 Å². The van der Waals surface area contributed by atoms with Crippen molar-refractivity contribution in [3.05, 3.63) is 102 Å². The average Bonchev–Trinajstić information content (AvgIpc) is 3.37. The second kappa shape index (κ2) is 11.0. The van der Waals surface area contributed by atoms with Gasteiger partial charge in [0.25, 0.3) is 5.91 Å². The molecule has 0 saturated heterocycles. The van der Waals surface area contributed by atoms with Crippen molar-refractivity contribution < 1.29 is 27.4 Å². The van der Waals surface area contributed by atoms with E-state index in [9.17, 15) is 18.0 Å². The van der Waals surface area contributed by atoms with Gasteiger partial charge in [-0.3, -0.25) is 4.79 Å². The van der Waals surface area contributed by atoms with Crippen LogP contribution in [0, 0.1) is 0 Å².